The molecule has 0 heterocycles. The van der Waals surface area contributed by atoms with Crippen LogP contribution in [0.15, 0.2) is 30.3 Å². The number of carbonyl (C=O) groups is 2. The zero-order valence-electron chi connectivity index (χ0n) is 11.9. The zero-order valence-corrected chi connectivity index (χ0v) is 11.9. The van der Waals surface area contributed by atoms with Gasteiger partial charge in [0.25, 0.3) is 0 Å². The molecule has 0 amide bonds. The summed E-state index contributed by atoms with van der Waals surface area (Å²) in [5, 5.41) is 18.9. The van der Waals surface area contributed by atoms with E-state index in [4.69, 9.17) is 0 Å². The van der Waals surface area contributed by atoms with Crippen molar-refractivity contribution < 1.29 is 19.8 Å². The van der Waals surface area contributed by atoms with Gasteiger partial charge in [-0.15, -0.1) is 0 Å². The molecule has 0 saturated heterocycles. The van der Waals surface area contributed by atoms with Gasteiger partial charge in [-0.1, -0.05) is 30.3 Å². The monoisotopic (exact) mass is 279 g/mol. The number of rotatable bonds is 8. The smallest absolute Gasteiger partial charge is 0.321 e. The van der Waals surface area contributed by atoms with Gasteiger partial charge < -0.3 is 15.1 Å². The van der Waals surface area contributed by atoms with Crippen molar-refractivity contribution in [2.24, 2.45) is 5.41 Å². The van der Waals surface area contributed by atoms with Crippen LogP contribution in [0.2, 0.25) is 0 Å². The predicted molar refractivity (Wildman–Crippen MR) is 75.6 cm³/mol. The molecule has 1 aromatic rings. The van der Waals surface area contributed by atoms with Crippen LogP contribution in [0.1, 0.15) is 18.4 Å². The summed E-state index contributed by atoms with van der Waals surface area (Å²) in [5.41, 5.74) is -1.03. The summed E-state index contributed by atoms with van der Waals surface area (Å²) in [5.74, 6) is -2.54. The van der Waals surface area contributed by atoms with Gasteiger partial charge in [0.05, 0.1) is 0 Å². The zero-order chi connectivity index (χ0) is 15.2. The molecule has 1 rings (SSSR count). The van der Waals surface area contributed by atoms with E-state index < -0.39 is 17.4 Å². The van der Waals surface area contributed by atoms with Gasteiger partial charge in [0, 0.05) is 0 Å². The molecule has 0 aromatic heterocycles. The van der Waals surface area contributed by atoms with Crippen molar-refractivity contribution in [2.75, 3.05) is 20.6 Å². The molecule has 0 atom stereocenters. The van der Waals surface area contributed by atoms with Crippen molar-refractivity contribution in [1.29, 1.82) is 0 Å². The van der Waals surface area contributed by atoms with E-state index in [9.17, 15) is 19.8 Å². The van der Waals surface area contributed by atoms with Gasteiger partial charge in [-0.25, -0.2) is 0 Å². The Morgan fingerprint density at radius 2 is 1.65 bits per heavy atom. The highest BCUT2D eigenvalue weighted by Gasteiger charge is 2.45. The lowest BCUT2D eigenvalue weighted by molar-refractivity contribution is -0.165. The Kier molecular flexibility index (Phi) is 5.70. The summed E-state index contributed by atoms with van der Waals surface area (Å²) in [6, 6.07) is 8.89. The number of benzene rings is 1. The summed E-state index contributed by atoms with van der Waals surface area (Å²) >= 11 is 0. The lowest BCUT2D eigenvalue weighted by Crippen LogP contribution is -2.42. The number of nitrogens with zero attached hydrogens (tertiary/aromatic N) is 1. The highest BCUT2D eigenvalue weighted by molar-refractivity contribution is 5.98. The molecule has 5 heteroatoms. The average Bonchev–Trinajstić information content (AvgIpc) is 2.37. The summed E-state index contributed by atoms with van der Waals surface area (Å²) < 4.78 is 0. The lowest BCUT2D eigenvalue weighted by Gasteiger charge is -2.25. The third-order valence-corrected chi connectivity index (χ3v) is 3.38. The van der Waals surface area contributed by atoms with Gasteiger partial charge in [-0.05, 0) is 45.5 Å². The Morgan fingerprint density at radius 1 is 1.10 bits per heavy atom. The molecule has 20 heavy (non-hydrogen) atoms. The fourth-order valence-corrected chi connectivity index (χ4v) is 2.19. The maximum absolute atomic E-state index is 11.5. The molecule has 0 bridgehead atoms. The Hall–Kier alpha value is -1.88. The minimum Gasteiger partial charge on any atom is -0.480 e. The maximum atomic E-state index is 11.5. The normalized spacial score (nSPS) is 11.6. The van der Waals surface area contributed by atoms with E-state index in [1.54, 1.807) is 24.3 Å². The number of carboxylic acids is 2. The van der Waals surface area contributed by atoms with Gasteiger partial charge in [-0.2, -0.15) is 0 Å². The van der Waals surface area contributed by atoms with Crippen molar-refractivity contribution >= 4 is 11.9 Å². The molecule has 0 spiro atoms. The Labute approximate surface area is 118 Å². The molecule has 0 aliphatic heterocycles. The molecule has 0 radical (unpaired) electrons. The second-order valence-electron chi connectivity index (χ2n) is 5.26. The number of hydrogen-bond acceptors (Lipinski definition) is 3. The third kappa shape index (κ3) is 4.06. The van der Waals surface area contributed by atoms with Crippen LogP contribution in [0.5, 0.6) is 0 Å². The fourth-order valence-electron chi connectivity index (χ4n) is 2.19. The van der Waals surface area contributed by atoms with Crippen molar-refractivity contribution in [3.8, 4) is 0 Å². The topological polar surface area (TPSA) is 77.8 Å². The molecule has 0 unspecified atom stereocenters. The first-order valence-corrected chi connectivity index (χ1v) is 6.54. The van der Waals surface area contributed by atoms with Crippen LogP contribution >= 0.6 is 0 Å². The lowest BCUT2D eigenvalue weighted by atomic mass is 9.77. The minimum absolute atomic E-state index is 0.00589. The second-order valence-corrected chi connectivity index (χ2v) is 5.26. The summed E-state index contributed by atoms with van der Waals surface area (Å²) in [6.45, 7) is 0.664. The van der Waals surface area contributed by atoms with Crippen LogP contribution in [0.3, 0.4) is 0 Å². The summed E-state index contributed by atoms with van der Waals surface area (Å²) in [4.78, 5) is 25.0. The number of carboxylic acid groups (broad SMARTS) is 2. The number of hydrogen-bond donors (Lipinski definition) is 2. The molecule has 0 saturated carbocycles. The summed E-state index contributed by atoms with van der Waals surface area (Å²) in [7, 11) is 3.75. The largest absolute Gasteiger partial charge is 0.480 e. The van der Waals surface area contributed by atoms with Gasteiger partial charge in [0.1, 0.15) is 0 Å². The molecular formula is C15H21NO4. The van der Waals surface area contributed by atoms with Crippen LogP contribution in [0.25, 0.3) is 0 Å². The molecule has 0 aliphatic carbocycles. The van der Waals surface area contributed by atoms with E-state index in [-0.39, 0.29) is 12.8 Å². The van der Waals surface area contributed by atoms with E-state index in [1.165, 1.54) is 0 Å². The van der Waals surface area contributed by atoms with Gasteiger partial charge in [0.15, 0.2) is 5.41 Å². The second kappa shape index (κ2) is 7.05. The first-order chi connectivity index (χ1) is 9.38. The van der Waals surface area contributed by atoms with Gasteiger partial charge in [0.2, 0.25) is 0 Å². The Balaban J connectivity index is 2.93. The molecule has 0 fully saturated rings. The maximum Gasteiger partial charge on any atom is 0.321 e. The molecule has 110 valence electrons. The van der Waals surface area contributed by atoms with Gasteiger partial charge in [-0.3, -0.25) is 9.59 Å². The highest BCUT2D eigenvalue weighted by atomic mass is 16.4. The first kappa shape index (κ1) is 16.2. The van der Waals surface area contributed by atoms with Crippen LogP contribution in [-0.2, 0) is 16.0 Å². The quantitative estimate of drug-likeness (QED) is 0.709. The van der Waals surface area contributed by atoms with Crippen LogP contribution in [0.4, 0.5) is 0 Å². The SMILES string of the molecule is CN(C)CCCC(Cc1ccccc1)(C(=O)O)C(=O)O. The van der Waals surface area contributed by atoms with Crippen LogP contribution in [-0.4, -0.2) is 47.7 Å². The molecule has 2 N–H and O–H groups in total. The van der Waals surface area contributed by atoms with Gasteiger partial charge >= 0.3 is 11.9 Å². The highest BCUT2D eigenvalue weighted by Crippen LogP contribution is 2.30. The molecular weight excluding hydrogens is 258 g/mol. The van der Waals surface area contributed by atoms with Crippen molar-refractivity contribution in [1.82, 2.24) is 4.90 Å². The van der Waals surface area contributed by atoms with Crippen molar-refractivity contribution in [3.05, 3.63) is 35.9 Å². The van der Waals surface area contributed by atoms with Crippen LogP contribution in [0, 0.1) is 5.41 Å². The van der Waals surface area contributed by atoms with E-state index in [0.29, 0.717) is 13.0 Å². The van der Waals surface area contributed by atoms with E-state index in [1.807, 2.05) is 25.1 Å². The van der Waals surface area contributed by atoms with E-state index in [0.717, 1.165) is 5.56 Å². The van der Waals surface area contributed by atoms with Crippen molar-refractivity contribution in [2.45, 2.75) is 19.3 Å². The molecule has 5 nitrogen and oxygen atoms in total. The minimum atomic E-state index is -1.75. The standard InChI is InChI=1S/C15H21NO4/c1-16(2)10-6-9-15(13(17)18,14(19)20)11-12-7-4-3-5-8-12/h3-5,7-8H,6,9-11H2,1-2H3,(H,17,18)(H,19,20). The van der Waals surface area contributed by atoms with Crippen LogP contribution < -0.4 is 0 Å². The van der Waals surface area contributed by atoms with E-state index >= 15 is 0 Å². The fraction of sp³-hybridized carbons (Fsp3) is 0.467. The predicted octanol–water partition coefficient (Wildman–Crippen LogP) is 1.73. The third-order valence-electron chi connectivity index (χ3n) is 3.38. The molecule has 1 aromatic carbocycles. The van der Waals surface area contributed by atoms with Crippen molar-refractivity contribution in [3.63, 3.8) is 0 Å². The first-order valence-electron chi connectivity index (χ1n) is 6.54. The molecule has 0 aliphatic rings. The van der Waals surface area contributed by atoms with E-state index in [2.05, 4.69) is 0 Å². The number of aliphatic carboxylic acids is 2. The summed E-state index contributed by atoms with van der Waals surface area (Å²) in [6.07, 6.45) is 0.648. The Bertz CT molecular complexity index is 442. The average molecular weight is 279 g/mol. The Morgan fingerprint density at radius 3 is 2.10 bits per heavy atom.